The molecule has 1 amide bonds. The highest BCUT2D eigenvalue weighted by Crippen LogP contribution is 2.29. The molecule has 1 heterocycles. The van der Waals surface area contributed by atoms with E-state index in [0.29, 0.717) is 18.8 Å². The maximum Gasteiger partial charge on any atom is 0.416 e. The molecule has 0 aromatic heterocycles. The molecule has 0 saturated carbocycles. The molecule has 1 aliphatic rings. The Balaban J connectivity index is 1.87. The number of carboxylic acid groups (broad SMARTS) is 1. The van der Waals surface area contributed by atoms with Gasteiger partial charge in [-0.15, -0.1) is 0 Å². The number of hydrogen-bond donors (Lipinski definition) is 1. The lowest BCUT2D eigenvalue weighted by Crippen LogP contribution is -2.35. The first-order valence-corrected chi connectivity index (χ1v) is 8.61. The van der Waals surface area contributed by atoms with Crippen LogP contribution in [0.4, 0.5) is 13.2 Å². The summed E-state index contributed by atoms with van der Waals surface area (Å²) in [6.45, 7) is 0.583. The number of alkyl halides is 3. The second-order valence-electron chi connectivity index (χ2n) is 6.30. The third-order valence-corrected chi connectivity index (χ3v) is 4.12. The summed E-state index contributed by atoms with van der Waals surface area (Å²) in [5.41, 5.74) is -0.386. The van der Waals surface area contributed by atoms with Crippen molar-refractivity contribution in [2.24, 2.45) is 0 Å². The van der Waals surface area contributed by atoms with Gasteiger partial charge in [-0.1, -0.05) is 12.1 Å². The molecule has 1 saturated heterocycles. The average molecular weight is 389 g/mol. The molecule has 1 aromatic carbocycles. The molecular formula is C18H22F3NO5. The van der Waals surface area contributed by atoms with E-state index >= 15 is 0 Å². The maximum atomic E-state index is 12.6. The fourth-order valence-corrected chi connectivity index (χ4v) is 2.72. The Bertz CT molecular complexity index is 627. The van der Waals surface area contributed by atoms with E-state index < -0.39 is 30.2 Å². The summed E-state index contributed by atoms with van der Waals surface area (Å²) < 4.78 is 48.6. The normalized spacial score (nSPS) is 17.1. The van der Waals surface area contributed by atoms with Crippen LogP contribution in [-0.2, 0) is 31.8 Å². The second-order valence-corrected chi connectivity index (χ2v) is 6.30. The SMILES string of the molecule is O=C(O)CN(Cc1ccc(C(F)(F)F)cc1)C(=O)CCOCC1CCCO1. The van der Waals surface area contributed by atoms with E-state index in [1.807, 2.05) is 0 Å². The van der Waals surface area contributed by atoms with E-state index in [1.54, 1.807) is 0 Å². The van der Waals surface area contributed by atoms with Gasteiger partial charge in [0, 0.05) is 13.2 Å². The molecular weight excluding hydrogens is 367 g/mol. The number of carbonyl (C=O) groups is 2. The molecule has 2 rings (SSSR count). The lowest BCUT2D eigenvalue weighted by molar-refractivity contribution is -0.145. The van der Waals surface area contributed by atoms with Gasteiger partial charge in [0.1, 0.15) is 6.54 Å². The highest BCUT2D eigenvalue weighted by atomic mass is 19.4. The summed E-state index contributed by atoms with van der Waals surface area (Å²) in [4.78, 5) is 24.4. The van der Waals surface area contributed by atoms with Gasteiger partial charge >= 0.3 is 12.1 Å². The first-order chi connectivity index (χ1) is 12.8. The van der Waals surface area contributed by atoms with E-state index in [9.17, 15) is 22.8 Å². The van der Waals surface area contributed by atoms with Crippen LogP contribution in [-0.4, -0.2) is 54.4 Å². The zero-order valence-electron chi connectivity index (χ0n) is 14.7. The van der Waals surface area contributed by atoms with Gasteiger partial charge in [-0.3, -0.25) is 9.59 Å². The summed E-state index contributed by atoms with van der Waals surface area (Å²) in [5.74, 6) is -1.64. The lowest BCUT2D eigenvalue weighted by atomic mass is 10.1. The Morgan fingerprint density at radius 2 is 1.96 bits per heavy atom. The monoisotopic (exact) mass is 389 g/mol. The molecule has 0 bridgehead atoms. The molecule has 1 unspecified atom stereocenters. The van der Waals surface area contributed by atoms with Crippen LogP contribution >= 0.6 is 0 Å². The third-order valence-electron chi connectivity index (χ3n) is 4.12. The van der Waals surface area contributed by atoms with E-state index in [2.05, 4.69) is 0 Å². The number of carbonyl (C=O) groups excluding carboxylic acids is 1. The van der Waals surface area contributed by atoms with Crippen molar-refractivity contribution in [2.45, 2.75) is 38.1 Å². The van der Waals surface area contributed by atoms with E-state index in [1.165, 1.54) is 12.1 Å². The van der Waals surface area contributed by atoms with Crippen molar-refractivity contribution in [1.29, 1.82) is 0 Å². The molecule has 1 N–H and O–H groups in total. The molecule has 0 spiro atoms. The zero-order valence-corrected chi connectivity index (χ0v) is 14.7. The van der Waals surface area contributed by atoms with Crippen LogP contribution in [0.2, 0.25) is 0 Å². The zero-order chi connectivity index (χ0) is 19.9. The van der Waals surface area contributed by atoms with Gasteiger partial charge in [-0.25, -0.2) is 0 Å². The predicted octanol–water partition coefficient (Wildman–Crippen LogP) is 2.70. The first kappa shape index (κ1) is 21.2. The highest BCUT2D eigenvalue weighted by Gasteiger charge is 2.30. The largest absolute Gasteiger partial charge is 0.480 e. The van der Waals surface area contributed by atoms with Gasteiger partial charge in [0.2, 0.25) is 5.91 Å². The van der Waals surface area contributed by atoms with Gasteiger partial charge in [0.15, 0.2) is 0 Å². The van der Waals surface area contributed by atoms with Crippen LogP contribution in [0.5, 0.6) is 0 Å². The minimum Gasteiger partial charge on any atom is -0.480 e. The van der Waals surface area contributed by atoms with Crippen LogP contribution in [0.15, 0.2) is 24.3 Å². The molecule has 9 heteroatoms. The number of nitrogens with zero attached hydrogens (tertiary/aromatic N) is 1. The van der Waals surface area contributed by atoms with Crippen molar-refractivity contribution >= 4 is 11.9 Å². The molecule has 1 aromatic rings. The van der Waals surface area contributed by atoms with Crippen molar-refractivity contribution in [3.05, 3.63) is 35.4 Å². The van der Waals surface area contributed by atoms with Gasteiger partial charge in [0.05, 0.1) is 31.3 Å². The van der Waals surface area contributed by atoms with Gasteiger partial charge in [-0.2, -0.15) is 13.2 Å². The Kier molecular flexibility index (Phi) is 7.61. The smallest absolute Gasteiger partial charge is 0.416 e. The molecule has 6 nitrogen and oxygen atoms in total. The van der Waals surface area contributed by atoms with Crippen molar-refractivity contribution in [1.82, 2.24) is 4.90 Å². The van der Waals surface area contributed by atoms with Crippen LogP contribution < -0.4 is 0 Å². The number of aliphatic carboxylic acids is 1. The maximum absolute atomic E-state index is 12.6. The van der Waals surface area contributed by atoms with Crippen LogP contribution in [0.3, 0.4) is 0 Å². The number of hydrogen-bond acceptors (Lipinski definition) is 4. The Hall–Kier alpha value is -2.13. The summed E-state index contributed by atoms with van der Waals surface area (Å²) >= 11 is 0. The second kappa shape index (κ2) is 9.70. The van der Waals surface area contributed by atoms with E-state index in [-0.39, 0.29) is 25.7 Å². The number of carboxylic acids is 1. The van der Waals surface area contributed by atoms with Crippen molar-refractivity contribution in [3.8, 4) is 0 Å². The highest BCUT2D eigenvalue weighted by molar-refractivity contribution is 5.81. The molecule has 27 heavy (non-hydrogen) atoms. The third kappa shape index (κ3) is 7.18. The quantitative estimate of drug-likeness (QED) is 0.658. The summed E-state index contributed by atoms with van der Waals surface area (Å²) in [5, 5.41) is 8.99. The van der Waals surface area contributed by atoms with Crippen molar-refractivity contribution < 1.29 is 37.3 Å². The number of benzene rings is 1. The number of halogens is 3. The van der Waals surface area contributed by atoms with Gasteiger partial charge < -0.3 is 19.5 Å². The van der Waals surface area contributed by atoms with E-state index in [4.69, 9.17) is 14.6 Å². The van der Waals surface area contributed by atoms with Gasteiger partial charge in [0.25, 0.3) is 0 Å². The fraction of sp³-hybridized carbons (Fsp3) is 0.556. The van der Waals surface area contributed by atoms with Crippen molar-refractivity contribution in [2.75, 3.05) is 26.4 Å². The topological polar surface area (TPSA) is 76.1 Å². The lowest BCUT2D eigenvalue weighted by Gasteiger charge is -2.21. The summed E-state index contributed by atoms with van der Waals surface area (Å²) in [6.07, 6.45) is -2.54. The number of ether oxygens (including phenoxy) is 2. The van der Waals surface area contributed by atoms with Crippen molar-refractivity contribution in [3.63, 3.8) is 0 Å². The Morgan fingerprint density at radius 3 is 2.52 bits per heavy atom. The average Bonchev–Trinajstić information content (AvgIpc) is 3.10. The fourth-order valence-electron chi connectivity index (χ4n) is 2.72. The minimum atomic E-state index is -4.45. The number of rotatable bonds is 9. The number of amides is 1. The molecule has 150 valence electrons. The Labute approximate surface area is 154 Å². The van der Waals surface area contributed by atoms with Crippen LogP contribution in [0.25, 0.3) is 0 Å². The molecule has 0 radical (unpaired) electrons. The van der Waals surface area contributed by atoms with Gasteiger partial charge in [-0.05, 0) is 30.5 Å². The van der Waals surface area contributed by atoms with Crippen LogP contribution in [0.1, 0.15) is 30.4 Å². The van der Waals surface area contributed by atoms with Crippen LogP contribution in [0, 0.1) is 0 Å². The predicted molar refractivity (Wildman–Crippen MR) is 88.9 cm³/mol. The van der Waals surface area contributed by atoms with E-state index in [0.717, 1.165) is 29.9 Å². The molecule has 1 aliphatic heterocycles. The minimum absolute atomic E-state index is 0.0133. The first-order valence-electron chi connectivity index (χ1n) is 8.61. The summed E-state index contributed by atoms with van der Waals surface area (Å²) in [6, 6.07) is 4.28. The standard InChI is InChI=1S/C18H22F3NO5/c19-18(20,21)14-5-3-13(4-6-14)10-22(11-17(24)25)16(23)7-9-26-12-15-2-1-8-27-15/h3-6,15H,1-2,7-12H2,(H,24,25). The summed E-state index contributed by atoms with van der Waals surface area (Å²) in [7, 11) is 0. The molecule has 0 aliphatic carbocycles. The Morgan fingerprint density at radius 1 is 1.26 bits per heavy atom. The molecule has 1 fully saturated rings. The molecule has 1 atom stereocenters.